The van der Waals surface area contributed by atoms with Crippen LogP contribution in [-0.4, -0.2) is 5.16 Å². The SMILES string of the molecule is Cc1noc(C)c1C(C)NC(C)c1ccc(Br)o1. The molecular formula is C13H17BrN2O2. The van der Waals surface area contributed by atoms with Crippen molar-refractivity contribution < 1.29 is 8.94 Å². The molecule has 0 bridgehead atoms. The van der Waals surface area contributed by atoms with Crippen molar-refractivity contribution >= 4 is 15.9 Å². The Labute approximate surface area is 115 Å². The minimum atomic E-state index is 0.125. The molecule has 1 N–H and O–H groups in total. The van der Waals surface area contributed by atoms with E-state index in [9.17, 15) is 0 Å². The third-order valence-corrected chi connectivity index (χ3v) is 3.47. The lowest BCUT2D eigenvalue weighted by Gasteiger charge is -2.18. The van der Waals surface area contributed by atoms with Crippen molar-refractivity contribution in [3.8, 4) is 0 Å². The van der Waals surface area contributed by atoms with Gasteiger partial charge in [-0.2, -0.15) is 0 Å². The molecule has 98 valence electrons. The Morgan fingerprint density at radius 2 is 1.94 bits per heavy atom. The maximum atomic E-state index is 5.54. The molecule has 4 nitrogen and oxygen atoms in total. The molecular weight excluding hydrogens is 296 g/mol. The second kappa shape index (κ2) is 5.28. The van der Waals surface area contributed by atoms with Crippen LogP contribution in [0.3, 0.4) is 0 Å². The van der Waals surface area contributed by atoms with Crippen LogP contribution in [0.25, 0.3) is 0 Å². The highest BCUT2D eigenvalue weighted by Gasteiger charge is 2.19. The van der Waals surface area contributed by atoms with E-state index in [4.69, 9.17) is 8.94 Å². The molecule has 0 saturated carbocycles. The normalized spacial score (nSPS) is 14.7. The van der Waals surface area contributed by atoms with E-state index >= 15 is 0 Å². The van der Waals surface area contributed by atoms with Gasteiger partial charge in [0.1, 0.15) is 11.5 Å². The zero-order valence-electron chi connectivity index (χ0n) is 11.0. The average molecular weight is 313 g/mol. The molecule has 2 aromatic rings. The second-order valence-corrected chi connectivity index (χ2v) is 5.27. The Bertz CT molecular complexity index is 513. The molecule has 0 radical (unpaired) electrons. The minimum Gasteiger partial charge on any atom is -0.453 e. The molecule has 2 atom stereocenters. The number of rotatable bonds is 4. The van der Waals surface area contributed by atoms with Gasteiger partial charge in [-0.25, -0.2) is 0 Å². The molecule has 0 spiro atoms. The van der Waals surface area contributed by atoms with Crippen molar-refractivity contribution in [1.82, 2.24) is 10.5 Å². The van der Waals surface area contributed by atoms with E-state index in [-0.39, 0.29) is 12.1 Å². The Hall–Kier alpha value is -1.07. The third kappa shape index (κ3) is 2.67. The summed E-state index contributed by atoms with van der Waals surface area (Å²) in [5, 5.41) is 7.45. The first-order valence-electron chi connectivity index (χ1n) is 5.93. The summed E-state index contributed by atoms with van der Waals surface area (Å²) in [6, 6.07) is 4.14. The highest BCUT2D eigenvalue weighted by atomic mass is 79.9. The summed E-state index contributed by atoms with van der Waals surface area (Å²) in [7, 11) is 0. The molecule has 2 unspecified atom stereocenters. The average Bonchev–Trinajstić information content (AvgIpc) is 2.85. The lowest BCUT2D eigenvalue weighted by atomic mass is 10.1. The fraction of sp³-hybridized carbons (Fsp3) is 0.462. The first kappa shape index (κ1) is 13.4. The van der Waals surface area contributed by atoms with Gasteiger partial charge in [-0.05, 0) is 55.8 Å². The first-order chi connectivity index (χ1) is 8.49. The highest BCUT2D eigenvalue weighted by Crippen LogP contribution is 2.26. The lowest BCUT2D eigenvalue weighted by Crippen LogP contribution is -2.22. The minimum absolute atomic E-state index is 0.125. The number of halogens is 1. The molecule has 0 aliphatic heterocycles. The summed E-state index contributed by atoms with van der Waals surface area (Å²) in [5.41, 5.74) is 2.05. The summed E-state index contributed by atoms with van der Waals surface area (Å²) in [4.78, 5) is 0. The van der Waals surface area contributed by atoms with Gasteiger partial charge in [0.2, 0.25) is 0 Å². The van der Waals surface area contributed by atoms with Gasteiger partial charge in [-0.1, -0.05) is 5.16 Å². The van der Waals surface area contributed by atoms with Gasteiger partial charge in [0.05, 0.1) is 11.7 Å². The van der Waals surface area contributed by atoms with Crippen LogP contribution in [0.5, 0.6) is 0 Å². The van der Waals surface area contributed by atoms with Crippen molar-refractivity contribution in [2.75, 3.05) is 0 Å². The fourth-order valence-electron chi connectivity index (χ4n) is 2.21. The van der Waals surface area contributed by atoms with E-state index in [1.165, 1.54) is 0 Å². The van der Waals surface area contributed by atoms with Crippen LogP contribution in [0.2, 0.25) is 0 Å². The predicted molar refractivity (Wildman–Crippen MR) is 72.4 cm³/mol. The first-order valence-corrected chi connectivity index (χ1v) is 6.72. The molecule has 0 fully saturated rings. The van der Waals surface area contributed by atoms with Gasteiger partial charge in [0.25, 0.3) is 0 Å². The van der Waals surface area contributed by atoms with Crippen LogP contribution in [0, 0.1) is 13.8 Å². The van der Waals surface area contributed by atoms with Crippen molar-refractivity contribution in [3.05, 3.63) is 39.6 Å². The molecule has 0 aliphatic rings. The molecule has 0 aromatic carbocycles. The molecule has 2 rings (SSSR count). The molecule has 5 heteroatoms. The standard InChI is InChI=1S/C13H17BrN2O2/c1-7(11-5-6-12(14)17-11)15-8(2)13-9(3)16-18-10(13)4/h5-8,15H,1-4H3. The number of furan rings is 1. The Kier molecular flexibility index (Phi) is 3.92. The van der Waals surface area contributed by atoms with Crippen molar-refractivity contribution in [3.63, 3.8) is 0 Å². The summed E-state index contributed by atoms with van der Waals surface area (Å²) in [5.74, 6) is 1.76. The van der Waals surface area contributed by atoms with E-state index in [1.54, 1.807) is 0 Å². The molecule has 0 saturated heterocycles. The topological polar surface area (TPSA) is 51.2 Å². The molecule has 2 aromatic heterocycles. The number of aryl methyl sites for hydroxylation is 2. The van der Waals surface area contributed by atoms with Gasteiger partial charge in [-0.3, -0.25) is 0 Å². The third-order valence-electron chi connectivity index (χ3n) is 3.04. The van der Waals surface area contributed by atoms with Crippen molar-refractivity contribution in [2.45, 2.75) is 39.8 Å². The van der Waals surface area contributed by atoms with E-state index in [1.807, 2.05) is 26.0 Å². The number of aromatic nitrogens is 1. The predicted octanol–water partition coefficient (Wildman–Crippen LogP) is 4.06. The summed E-state index contributed by atoms with van der Waals surface area (Å²) < 4.78 is 11.5. The zero-order chi connectivity index (χ0) is 13.3. The second-order valence-electron chi connectivity index (χ2n) is 4.49. The van der Waals surface area contributed by atoms with Crippen molar-refractivity contribution in [2.24, 2.45) is 0 Å². The number of hydrogen-bond donors (Lipinski definition) is 1. The van der Waals surface area contributed by atoms with Crippen LogP contribution in [-0.2, 0) is 0 Å². The molecule has 2 heterocycles. The van der Waals surface area contributed by atoms with Gasteiger partial charge < -0.3 is 14.3 Å². The smallest absolute Gasteiger partial charge is 0.169 e. The number of nitrogens with one attached hydrogen (secondary N) is 1. The van der Waals surface area contributed by atoms with Crippen LogP contribution < -0.4 is 5.32 Å². The number of nitrogens with zero attached hydrogens (tertiary/aromatic N) is 1. The maximum Gasteiger partial charge on any atom is 0.169 e. The summed E-state index contributed by atoms with van der Waals surface area (Å²) in [6.45, 7) is 8.06. The van der Waals surface area contributed by atoms with E-state index in [0.29, 0.717) is 0 Å². The molecule has 18 heavy (non-hydrogen) atoms. The van der Waals surface area contributed by atoms with Crippen molar-refractivity contribution in [1.29, 1.82) is 0 Å². The maximum absolute atomic E-state index is 5.54. The van der Waals surface area contributed by atoms with Crippen LogP contribution in [0.15, 0.2) is 25.7 Å². The number of hydrogen-bond acceptors (Lipinski definition) is 4. The summed E-state index contributed by atoms with van der Waals surface area (Å²) >= 11 is 3.31. The van der Waals surface area contributed by atoms with Gasteiger partial charge in [0.15, 0.2) is 4.67 Å². The van der Waals surface area contributed by atoms with Gasteiger partial charge in [0, 0.05) is 11.6 Å². The van der Waals surface area contributed by atoms with Crippen LogP contribution in [0.4, 0.5) is 0 Å². The summed E-state index contributed by atoms with van der Waals surface area (Å²) in [6.07, 6.45) is 0. The highest BCUT2D eigenvalue weighted by molar-refractivity contribution is 9.10. The zero-order valence-corrected chi connectivity index (χ0v) is 12.5. The monoisotopic (exact) mass is 312 g/mol. The van der Waals surface area contributed by atoms with Gasteiger partial charge in [-0.15, -0.1) is 0 Å². The Morgan fingerprint density at radius 1 is 1.22 bits per heavy atom. The van der Waals surface area contributed by atoms with E-state index in [0.717, 1.165) is 27.4 Å². The van der Waals surface area contributed by atoms with Gasteiger partial charge >= 0.3 is 0 Å². The van der Waals surface area contributed by atoms with Crippen LogP contribution >= 0.6 is 15.9 Å². The Morgan fingerprint density at radius 3 is 2.44 bits per heavy atom. The Balaban J connectivity index is 2.10. The van der Waals surface area contributed by atoms with Crippen LogP contribution in [0.1, 0.15) is 48.7 Å². The van der Waals surface area contributed by atoms with E-state index in [2.05, 4.69) is 40.3 Å². The quantitative estimate of drug-likeness (QED) is 0.925. The van der Waals surface area contributed by atoms with E-state index < -0.39 is 0 Å². The molecule has 0 amide bonds. The fourth-order valence-corrected chi connectivity index (χ4v) is 2.53. The molecule has 0 aliphatic carbocycles. The largest absolute Gasteiger partial charge is 0.453 e. The lowest BCUT2D eigenvalue weighted by molar-refractivity contribution is 0.380.